The summed E-state index contributed by atoms with van der Waals surface area (Å²) in [6, 6.07) is 7.63. The average Bonchev–Trinajstić information content (AvgIpc) is 2.52. The summed E-state index contributed by atoms with van der Waals surface area (Å²) in [5, 5.41) is 0. The van der Waals surface area contributed by atoms with Crippen LogP contribution in [0, 0.1) is 0 Å². The van der Waals surface area contributed by atoms with E-state index in [9.17, 15) is 4.79 Å². The number of hydrogen-bond acceptors (Lipinski definition) is 3. The highest BCUT2D eigenvalue weighted by Gasteiger charge is 1.97. The van der Waals surface area contributed by atoms with E-state index in [2.05, 4.69) is 11.7 Å². The van der Waals surface area contributed by atoms with Gasteiger partial charge in [0, 0.05) is 0 Å². The summed E-state index contributed by atoms with van der Waals surface area (Å²) in [5.74, 6) is 0.872. The van der Waals surface area contributed by atoms with Gasteiger partial charge in [0.1, 0.15) is 12.4 Å². The highest BCUT2D eigenvalue weighted by atomic mass is 16.5. The Balaban J connectivity index is 2.01. The van der Waals surface area contributed by atoms with E-state index in [-0.39, 0.29) is 6.61 Å². The van der Waals surface area contributed by atoms with Crippen LogP contribution < -0.4 is 4.74 Å². The van der Waals surface area contributed by atoms with E-state index >= 15 is 0 Å². The fraction of sp³-hybridized carbons (Fsp3) is 0.611. The number of benzene rings is 1. The fourth-order valence-corrected chi connectivity index (χ4v) is 2.22. The Labute approximate surface area is 128 Å². The Morgan fingerprint density at radius 3 is 2.14 bits per heavy atom. The van der Waals surface area contributed by atoms with Gasteiger partial charge >= 0.3 is 6.47 Å². The minimum Gasteiger partial charge on any atom is -0.494 e. The molecule has 1 rings (SSSR count). The second-order valence-corrected chi connectivity index (χ2v) is 5.34. The second kappa shape index (κ2) is 12.2. The molecule has 0 aliphatic heterocycles. The SMILES string of the molecule is CCCCCCCCCCOc1ccc(CO[C]=O)cc1. The lowest BCUT2D eigenvalue weighted by Crippen LogP contribution is -1.97. The first-order valence-corrected chi connectivity index (χ1v) is 8.07. The van der Waals surface area contributed by atoms with Gasteiger partial charge < -0.3 is 9.47 Å². The molecule has 0 bridgehead atoms. The molecule has 0 atom stereocenters. The highest BCUT2D eigenvalue weighted by molar-refractivity contribution is 5.38. The van der Waals surface area contributed by atoms with E-state index in [1.54, 1.807) is 0 Å². The molecule has 0 saturated carbocycles. The standard InChI is InChI=1S/C18H27O3/c1-2-3-4-5-6-7-8-9-14-21-18-12-10-17(11-13-18)15-20-16-19/h10-13H,2-9,14-15H2,1H3. The lowest BCUT2D eigenvalue weighted by atomic mass is 10.1. The Hall–Kier alpha value is -1.51. The third-order valence-electron chi connectivity index (χ3n) is 3.49. The lowest BCUT2D eigenvalue weighted by molar-refractivity contribution is 0.266. The van der Waals surface area contributed by atoms with Gasteiger partial charge in [0.25, 0.3) is 0 Å². The predicted molar refractivity (Wildman–Crippen MR) is 85.0 cm³/mol. The van der Waals surface area contributed by atoms with Gasteiger partial charge in [-0.05, 0) is 24.1 Å². The topological polar surface area (TPSA) is 35.5 Å². The van der Waals surface area contributed by atoms with Gasteiger partial charge in [0.05, 0.1) is 6.61 Å². The molecule has 21 heavy (non-hydrogen) atoms. The van der Waals surface area contributed by atoms with Crippen molar-refractivity contribution in [3.63, 3.8) is 0 Å². The lowest BCUT2D eigenvalue weighted by Gasteiger charge is -2.07. The van der Waals surface area contributed by atoms with Crippen LogP contribution in [-0.4, -0.2) is 13.1 Å². The zero-order valence-corrected chi connectivity index (χ0v) is 13.1. The summed E-state index contributed by atoms with van der Waals surface area (Å²) in [6.45, 7) is 4.70. The maximum absolute atomic E-state index is 9.97. The largest absolute Gasteiger partial charge is 0.494 e. The van der Waals surface area contributed by atoms with Crippen LogP contribution in [0.3, 0.4) is 0 Å². The number of carbonyl (C=O) groups excluding carboxylic acids is 1. The average molecular weight is 291 g/mol. The first kappa shape index (κ1) is 17.5. The van der Waals surface area contributed by atoms with Crippen LogP contribution >= 0.6 is 0 Å². The third kappa shape index (κ3) is 9.11. The molecule has 1 radical (unpaired) electrons. The summed E-state index contributed by atoms with van der Waals surface area (Å²) in [4.78, 5) is 9.97. The van der Waals surface area contributed by atoms with E-state index in [1.807, 2.05) is 24.3 Å². The van der Waals surface area contributed by atoms with Crippen LogP contribution in [0.15, 0.2) is 24.3 Å². The van der Waals surface area contributed by atoms with Gasteiger partial charge in [-0.25, -0.2) is 4.79 Å². The van der Waals surface area contributed by atoms with Crippen molar-refractivity contribution < 1.29 is 14.3 Å². The zero-order chi connectivity index (χ0) is 15.2. The second-order valence-electron chi connectivity index (χ2n) is 5.34. The van der Waals surface area contributed by atoms with Crippen LogP contribution in [0.1, 0.15) is 63.9 Å². The summed E-state index contributed by atoms with van der Waals surface area (Å²) in [7, 11) is 0. The summed E-state index contributed by atoms with van der Waals surface area (Å²) in [6.07, 6.45) is 10.4. The van der Waals surface area contributed by atoms with Gasteiger partial charge in [0.15, 0.2) is 0 Å². The third-order valence-corrected chi connectivity index (χ3v) is 3.49. The van der Waals surface area contributed by atoms with Crippen molar-refractivity contribution in [3.05, 3.63) is 29.8 Å². The zero-order valence-electron chi connectivity index (χ0n) is 13.1. The van der Waals surface area contributed by atoms with E-state index in [0.29, 0.717) is 0 Å². The number of unbranched alkanes of at least 4 members (excludes halogenated alkanes) is 7. The Kier molecular flexibility index (Phi) is 10.2. The van der Waals surface area contributed by atoms with Crippen LogP contribution in [0.4, 0.5) is 0 Å². The van der Waals surface area contributed by atoms with Crippen molar-refractivity contribution in [1.29, 1.82) is 0 Å². The van der Waals surface area contributed by atoms with Crippen molar-refractivity contribution in [2.24, 2.45) is 0 Å². The van der Waals surface area contributed by atoms with Gasteiger partial charge in [0.2, 0.25) is 0 Å². The first-order chi connectivity index (χ1) is 10.4. The van der Waals surface area contributed by atoms with Gasteiger partial charge in [-0.2, -0.15) is 0 Å². The summed E-state index contributed by atoms with van der Waals surface area (Å²) in [5.41, 5.74) is 0.942. The minimum atomic E-state index is 0.266. The van der Waals surface area contributed by atoms with Crippen LogP contribution in [0.25, 0.3) is 0 Å². The molecule has 0 saturated heterocycles. The summed E-state index contributed by atoms with van der Waals surface area (Å²) >= 11 is 0. The molecular formula is C18H27O3. The first-order valence-electron chi connectivity index (χ1n) is 8.07. The van der Waals surface area contributed by atoms with Crippen LogP contribution in [-0.2, 0) is 16.1 Å². The Morgan fingerprint density at radius 2 is 1.52 bits per heavy atom. The number of rotatable bonds is 13. The highest BCUT2D eigenvalue weighted by Crippen LogP contribution is 2.14. The molecule has 0 aliphatic carbocycles. The molecule has 1 aromatic rings. The van der Waals surface area contributed by atoms with Crippen molar-refractivity contribution in [2.75, 3.05) is 6.61 Å². The molecule has 0 heterocycles. The van der Waals surface area contributed by atoms with E-state index < -0.39 is 0 Å². The van der Waals surface area contributed by atoms with Crippen molar-refractivity contribution in [3.8, 4) is 5.75 Å². The molecule has 117 valence electrons. The van der Waals surface area contributed by atoms with Gasteiger partial charge in [-0.3, -0.25) is 0 Å². The molecule has 0 aliphatic rings. The molecule has 0 fully saturated rings. The normalized spacial score (nSPS) is 10.3. The van der Waals surface area contributed by atoms with E-state index in [0.717, 1.165) is 24.3 Å². The molecule has 0 aromatic heterocycles. The molecular weight excluding hydrogens is 264 g/mol. The maximum Gasteiger partial charge on any atom is 0.417 e. The molecule has 1 aromatic carbocycles. The molecule has 0 amide bonds. The van der Waals surface area contributed by atoms with Crippen molar-refractivity contribution >= 4 is 6.47 Å². The van der Waals surface area contributed by atoms with Crippen LogP contribution in [0.2, 0.25) is 0 Å². The predicted octanol–water partition coefficient (Wildman–Crippen LogP) is 4.79. The van der Waals surface area contributed by atoms with E-state index in [1.165, 1.54) is 51.4 Å². The molecule has 0 unspecified atom stereocenters. The Morgan fingerprint density at radius 1 is 0.905 bits per heavy atom. The number of hydrogen-bond donors (Lipinski definition) is 0. The maximum atomic E-state index is 9.97. The minimum absolute atomic E-state index is 0.266. The molecule has 0 N–H and O–H groups in total. The quantitative estimate of drug-likeness (QED) is 0.490. The molecule has 3 nitrogen and oxygen atoms in total. The van der Waals surface area contributed by atoms with Gasteiger partial charge in [-0.15, -0.1) is 0 Å². The smallest absolute Gasteiger partial charge is 0.417 e. The molecule has 0 spiro atoms. The fourth-order valence-electron chi connectivity index (χ4n) is 2.22. The Bertz CT molecular complexity index is 359. The van der Waals surface area contributed by atoms with Gasteiger partial charge in [-0.1, -0.05) is 64.0 Å². The van der Waals surface area contributed by atoms with Crippen molar-refractivity contribution in [1.82, 2.24) is 0 Å². The van der Waals surface area contributed by atoms with Crippen molar-refractivity contribution in [2.45, 2.75) is 64.9 Å². The summed E-state index contributed by atoms with van der Waals surface area (Å²) < 4.78 is 10.3. The number of ether oxygens (including phenoxy) is 2. The van der Waals surface area contributed by atoms with E-state index in [4.69, 9.17) is 4.74 Å². The van der Waals surface area contributed by atoms with Crippen LogP contribution in [0.5, 0.6) is 5.75 Å². The molecule has 3 heteroatoms. The monoisotopic (exact) mass is 291 g/mol.